The Bertz CT molecular complexity index is 284. The van der Waals surface area contributed by atoms with E-state index in [0.29, 0.717) is 0 Å². The minimum absolute atomic E-state index is 0.0655. The molecule has 0 aliphatic carbocycles. The maximum Gasteiger partial charge on any atom is 0.221 e. The van der Waals surface area contributed by atoms with Gasteiger partial charge in [0.2, 0.25) is 5.91 Å². The molecule has 0 saturated carbocycles. The van der Waals surface area contributed by atoms with Crippen LogP contribution >= 0.6 is 27.3 Å². The number of aryl methyl sites for hydroxylation is 1. The molecule has 1 aromatic heterocycles. The van der Waals surface area contributed by atoms with Gasteiger partial charge in [0.15, 0.2) is 3.92 Å². The highest BCUT2D eigenvalue weighted by Crippen LogP contribution is 2.27. The van der Waals surface area contributed by atoms with Gasteiger partial charge in [-0.3, -0.25) is 4.79 Å². The lowest BCUT2D eigenvalue weighted by molar-refractivity contribution is -0.114. The van der Waals surface area contributed by atoms with E-state index in [2.05, 4.69) is 26.2 Å². The van der Waals surface area contributed by atoms with Crippen LogP contribution in [0.15, 0.2) is 3.92 Å². The molecule has 11 heavy (non-hydrogen) atoms. The van der Waals surface area contributed by atoms with E-state index in [1.54, 1.807) is 0 Å². The van der Waals surface area contributed by atoms with E-state index in [4.69, 9.17) is 0 Å². The summed E-state index contributed by atoms with van der Waals surface area (Å²) in [6, 6.07) is 0. The molecular weight excluding hydrogens is 228 g/mol. The van der Waals surface area contributed by atoms with Gasteiger partial charge < -0.3 is 5.32 Å². The van der Waals surface area contributed by atoms with Crippen molar-refractivity contribution in [2.45, 2.75) is 13.8 Å². The number of aromatic nitrogens is 1. The maximum absolute atomic E-state index is 10.6. The molecule has 0 unspecified atom stereocenters. The van der Waals surface area contributed by atoms with Crippen LogP contribution in [0, 0.1) is 6.92 Å². The van der Waals surface area contributed by atoms with Crippen LogP contribution in [-0.2, 0) is 4.79 Å². The summed E-state index contributed by atoms with van der Waals surface area (Å²) in [4.78, 5) is 14.7. The summed E-state index contributed by atoms with van der Waals surface area (Å²) in [5, 5.41) is 3.49. The molecule has 0 aliphatic rings. The predicted octanol–water partition coefficient (Wildman–Crippen LogP) is 2.17. The molecule has 0 radical (unpaired) electrons. The predicted molar refractivity (Wildman–Crippen MR) is 48.9 cm³/mol. The van der Waals surface area contributed by atoms with E-state index in [1.807, 2.05) is 6.92 Å². The van der Waals surface area contributed by atoms with E-state index < -0.39 is 0 Å². The van der Waals surface area contributed by atoms with Gasteiger partial charge in [-0.1, -0.05) is 11.3 Å². The third-order valence-corrected chi connectivity index (χ3v) is 2.58. The second kappa shape index (κ2) is 3.32. The molecule has 1 amide bonds. The Morgan fingerprint density at radius 1 is 1.73 bits per heavy atom. The minimum atomic E-state index is -0.0655. The molecule has 0 saturated heterocycles. The van der Waals surface area contributed by atoms with Crippen LogP contribution in [0.5, 0.6) is 0 Å². The normalized spacial score (nSPS) is 9.73. The van der Waals surface area contributed by atoms with E-state index >= 15 is 0 Å². The van der Waals surface area contributed by atoms with Gasteiger partial charge in [0.1, 0.15) is 5.00 Å². The highest BCUT2D eigenvalue weighted by Gasteiger charge is 2.05. The Morgan fingerprint density at radius 2 is 2.36 bits per heavy atom. The summed E-state index contributed by atoms with van der Waals surface area (Å²) in [6.07, 6.45) is 0. The van der Waals surface area contributed by atoms with Crippen molar-refractivity contribution in [1.82, 2.24) is 4.98 Å². The number of carbonyl (C=O) groups excluding carboxylic acids is 1. The van der Waals surface area contributed by atoms with Crippen LogP contribution in [0.1, 0.15) is 12.6 Å². The van der Waals surface area contributed by atoms with E-state index in [9.17, 15) is 4.79 Å². The number of hydrogen-bond acceptors (Lipinski definition) is 3. The Kier molecular flexibility index (Phi) is 2.62. The van der Waals surface area contributed by atoms with E-state index in [-0.39, 0.29) is 5.91 Å². The summed E-state index contributed by atoms with van der Waals surface area (Å²) in [6.45, 7) is 3.33. The van der Waals surface area contributed by atoms with Crippen LogP contribution in [0.4, 0.5) is 5.00 Å². The second-order valence-corrected chi connectivity index (χ2v) is 4.34. The van der Waals surface area contributed by atoms with Crippen LogP contribution in [0.2, 0.25) is 0 Å². The lowest BCUT2D eigenvalue weighted by atomic mass is 10.5. The summed E-state index contributed by atoms with van der Waals surface area (Å²) >= 11 is 4.65. The fraction of sp³-hybridized carbons (Fsp3) is 0.333. The Morgan fingerprint density at radius 3 is 2.73 bits per heavy atom. The molecule has 0 fully saturated rings. The van der Waals surface area contributed by atoms with Crippen LogP contribution in [0.3, 0.4) is 0 Å². The first-order valence-electron chi connectivity index (χ1n) is 3.00. The molecule has 0 bridgehead atoms. The number of halogens is 1. The molecule has 0 aliphatic heterocycles. The first-order chi connectivity index (χ1) is 5.09. The molecule has 60 valence electrons. The van der Waals surface area contributed by atoms with E-state index in [0.717, 1.165) is 14.6 Å². The maximum atomic E-state index is 10.6. The fourth-order valence-corrected chi connectivity index (χ4v) is 2.13. The van der Waals surface area contributed by atoms with Gasteiger partial charge in [0, 0.05) is 6.92 Å². The number of hydrogen-bond donors (Lipinski definition) is 1. The summed E-state index contributed by atoms with van der Waals surface area (Å²) in [5.74, 6) is -0.0655. The third-order valence-electron chi connectivity index (χ3n) is 1.06. The number of nitrogens with one attached hydrogen (secondary N) is 1. The summed E-state index contributed by atoms with van der Waals surface area (Å²) < 4.78 is 0.791. The fourth-order valence-electron chi connectivity index (χ4n) is 0.639. The number of carbonyl (C=O) groups is 1. The first kappa shape index (κ1) is 8.67. The SMILES string of the molecule is CC(=O)Nc1sc(Br)nc1C. The van der Waals surface area contributed by atoms with Crippen molar-refractivity contribution in [3.8, 4) is 0 Å². The number of amides is 1. The quantitative estimate of drug-likeness (QED) is 0.810. The molecule has 0 atom stereocenters. The zero-order chi connectivity index (χ0) is 8.43. The smallest absolute Gasteiger partial charge is 0.221 e. The van der Waals surface area contributed by atoms with Gasteiger partial charge in [-0.05, 0) is 22.9 Å². The van der Waals surface area contributed by atoms with Crippen molar-refractivity contribution in [3.05, 3.63) is 9.61 Å². The zero-order valence-electron chi connectivity index (χ0n) is 6.14. The van der Waals surface area contributed by atoms with Gasteiger partial charge in [0.25, 0.3) is 0 Å². The van der Waals surface area contributed by atoms with Crippen molar-refractivity contribution in [2.24, 2.45) is 0 Å². The topological polar surface area (TPSA) is 42.0 Å². The summed E-state index contributed by atoms with van der Waals surface area (Å²) in [7, 11) is 0. The molecule has 1 N–H and O–H groups in total. The van der Waals surface area contributed by atoms with Crippen molar-refractivity contribution < 1.29 is 4.79 Å². The first-order valence-corrected chi connectivity index (χ1v) is 4.61. The number of thiazole rings is 1. The number of rotatable bonds is 1. The van der Waals surface area contributed by atoms with Crippen LogP contribution in [0.25, 0.3) is 0 Å². The van der Waals surface area contributed by atoms with Crippen molar-refractivity contribution in [2.75, 3.05) is 5.32 Å². The van der Waals surface area contributed by atoms with Crippen molar-refractivity contribution in [3.63, 3.8) is 0 Å². The standard InChI is InChI=1S/C6H7BrN2OS/c1-3-5(9-4(2)10)11-6(7)8-3/h1-2H3,(H,9,10). The lowest BCUT2D eigenvalue weighted by Crippen LogP contribution is -2.04. The largest absolute Gasteiger partial charge is 0.316 e. The third kappa shape index (κ3) is 2.27. The van der Waals surface area contributed by atoms with Gasteiger partial charge >= 0.3 is 0 Å². The second-order valence-electron chi connectivity index (χ2n) is 2.06. The molecule has 0 spiro atoms. The molecule has 1 aromatic rings. The van der Waals surface area contributed by atoms with Crippen LogP contribution < -0.4 is 5.32 Å². The Labute approximate surface area is 77.0 Å². The minimum Gasteiger partial charge on any atom is -0.316 e. The molecule has 1 heterocycles. The lowest BCUT2D eigenvalue weighted by Gasteiger charge is -1.95. The average Bonchev–Trinajstić information content (AvgIpc) is 2.09. The van der Waals surface area contributed by atoms with Crippen molar-refractivity contribution in [1.29, 1.82) is 0 Å². The Hall–Kier alpha value is -0.420. The molecule has 3 nitrogen and oxygen atoms in total. The number of anilines is 1. The highest BCUT2D eigenvalue weighted by molar-refractivity contribution is 9.11. The van der Waals surface area contributed by atoms with Gasteiger partial charge in [-0.15, -0.1) is 0 Å². The van der Waals surface area contributed by atoms with Crippen LogP contribution in [-0.4, -0.2) is 10.9 Å². The molecular formula is C6H7BrN2OS. The van der Waals surface area contributed by atoms with Gasteiger partial charge in [0.05, 0.1) is 5.69 Å². The number of nitrogens with zero attached hydrogens (tertiary/aromatic N) is 1. The van der Waals surface area contributed by atoms with Crippen molar-refractivity contribution >= 4 is 38.2 Å². The summed E-state index contributed by atoms with van der Waals surface area (Å²) in [5.41, 5.74) is 0.845. The Balaban J connectivity index is 2.85. The molecule has 1 rings (SSSR count). The van der Waals surface area contributed by atoms with Gasteiger partial charge in [-0.2, -0.15) is 0 Å². The molecule has 0 aromatic carbocycles. The van der Waals surface area contributed by atoms with Gasteiger partial charge in [-0.25, -0.2) is 4.98 Å². The van der Waals surface area contributed by atoms with E-state index in [1.165, 1.54) is 18.3 Å². The zero-order valence-corrected chi connectivity index (χ0v) is 8.54. The highest BCUT2D eigenvalue weighted by atomic mass is 79.9. The average molecular weight is 235 g/mol. The molecule has 5 heteroatoms. The monoisotopic (exact) mass is 234 g/mol.